The summed E-state index contributed by atoms with van der Waals surface area (Å²) < 4.78 is 10.5. The Morgan fingerprint density at radius 3 is 2.46 bits per heavy atom. The lowest BCUT2D eigenvalue weighted by atomic mass is 9.99. The number of ether oxygens (including phenoxy) is 2. The Labute approximate surface area is 137 Å². The van der Waals surface area contributed by atoms with Crippen molar-refractivity contribution in [3.63, 3.8) is 0 Å². The Balaban J connectivity index is 2.08. The number of aryl methyl sites for hydroxylation is 1. The van der Waals surface area contributed by atoms with Crippen molar-refractivity contribution in [3.8, 4) is 11.5 Å². The fourth-order valence-corrected chi connectivity index (χ4v) is 2.36. The van der Waals surface area contributed by atoms with Gasteiger partial charge in [-0.15, -0.1) is 0 Å². The number of carboxylic acids is 1. The van der Waals surface area contributed by atoms with E-state index in [0.717, 1.165) is 0 Å². The summed E-state index contributed by atoms with van der Waals surface area (Å²) in [4.78, 5) is 10.5. The molecule has 0 amide bonds. The minimum Gasteiger partial charge on any atom is -0.504 e. The topological polar surface area (TPSA) is 157 Å². The molecule has 1 saturated heterocycles. The number of benzene rings is 1. The minimum absolute atomic E-state index is 0.0570. The van der Waals surface area contributed by atoms with E-state index in [2.05, 4.69) is 0 Å². The van der Waals surface area contributed by atoms with E-state index in [-0.39, 0.29) is 24.3 Å². The van der Waals surface area contributed by atoms with E-state index in [1.807, 2.05) is 0 Å². The van der Waals surface area contributed by atoms with Gasteiger partial charge in [0.15, 0.2) is 11.5 Å². The molecule has 0 spiro atoms. The summed E-state index contributed by atoms with van der Waals surface area (Å²) in [5.41, 5.74) is 0.580. The maximum Gasteiger partial charge on any atom is 0.303 e. The largest absolute Gasteiger partial charge is 0.504 e. The van der Waals surface area contributed by atoms with Gasteiger partial charge in [0, 0.05) is 6.42 Å². The van der Waals surface area contributed by atoms with Crippen LogP contribution in [0.3, 0.4) is 0 Å². The number of aromatic hydroxyl groups is 1. The van der Waals surface area contributed by atoms with Gasteiger partial charge >= 0.3 is 5.97 Å². The molecule has 0 radical (unpaired) electrons. The second-order valence-corrected chi connectivity index (χ2v) is 5.51. The first-order chi connectivity index (χ1) is 11.3. The molecule has 6 N–H and O–H groups in total. The highest BCUT2D eigenvalue weighted by atomic mass is 16.7. The van der Waals surface area contributed by atoms with Crippen LogP contribution < -0.4 is 4.74 Å². The molecular formula is C15H20O9. The highest BCUT2D eigenvalue weighted by Gasteiger charge is 2.44. The second kappa shape index (κ2) is 7.77. The van der Waals surface area contributed by atoms with Crippen LogP contribution in [0.1, 0.15) is 12.0 Å². The monoisotopic (exact) mass is 344 g/mol. The van der Waals surface area contributed by atoms with Gasteiger partial charge < -0.3 is 40.1 Å². The zero-order chi connectivity index (χ0) is 17.9. The van der Waals surface area contributed by atoms with Crippen molar-refractivity contribution in [2.75, 3.05) is 6.61 Å². The summed E-state index contributed by atoms with van der Waals surface area (Å²) in [5, 5.41) is 57.0. The molecule has 0 bridgehead atoms. The third-order valence-electron chi connectivity index (χ3n) is 3.74. The van der Waals surface area contributed by atoms with Gasteiger partial charge in [0.05, 0.1) is 6.61 Å². The molecule has 2 rings (SSSR count). The number of carbonyl (C=O) groups is 1. The van der Waals surface area contributed by atoms with Crippen molar-refractivity contribution in [1.29, 1.82) is 0 Å². The Hall–Kier alpha value is -1.91. The third kappa shape index (κ3) is 4.13. The molecule has 5 atom stereocenters. The fraction of sp³-hybridized carbons (Fsp3) is 0.533. The molecule has 0 aliphatic carbocycles. The summed E-state index contributed by atoms with van der Waals surface area (Å²) in [5.74, 6) is -1.32. The fourth-order valence-electron chi connectivity index (χ4n) is 2.36. The van der Waals surface area contributed by atoms with Crippen LogP contribution >= 0.6 is 0 Å². The molecule has 0 aromatic heterocycles. The molecule has 1 fully saturated rings. The first-order valence-corrected chi connectivity index (χ1v) is 7.34. The third-order valence-corrected chi connectivity index (χ3v) is 3.74. The number of phenols is 1. The number of hydrogen-bond donors (Lipinski definition) is 6. The smallest absolute Gasteiger partial charge is 0.303 e. The van der Waals surface area contributed by atoms with Crippen molar-refractivity contribution in [1.82, 2.24) is 0 Å². The van der Waals surface area contributed by atoms with Gasteiger partial charge in [-0.2, -0.15) is 0 Å². The highest BCUT2D eigenvalue weighted by molar-refractivity contribution is 5.67. The van der Waals surface area contributed by atoms with Crippen LogP contribution in [-0.2, 0) is 16.0 Å². The quantitative estimate of drug-likeness (QED) is 0.365. The van der Waals surface area contributed by atoms with E-state index < -0.39 is 43.3 Å². The van der Waals surface area contributed by atoms with E-state index in [0.29, 0.717) is 5.56 Å². The Morgan fingerprint density at radius 2 is 1.88 bits per heavy atom. The molecule has 0 saturated carbocycles. The van der Waals surface area contributed by atoms with Crippen LogP contribution in [0.2, 0.25) is 0 Å². The van der Waals surface area contributed by atoms with Crippen LogP contribution in [0, 0.1) is 0 Å². The number of aliphatic hydroxyl groups excluding tert-OH is 4. The maximum absolute atomic E-state index is 10.5. The lowest BCUT2D eigenvalue weighted by Gasteiger charge is -2.39. The summed E-state index contributed by atoms with van der Waals surface area (Å²) in [6.07, 6.45) is -7.07. The molecule has 24 heavy (non-hydrogen) atoms. The zero-order valence-electron chi connectivity index (χ0n) is 12.6. The lowest BCUT2D eigenvalue weighted by Crippen LogP contribution is -2.60. The van der Waals surface area contributed by atoms with Crippen molar-refractivity contribution < 1.29 is 44.9 Å². The molecule has 9 nitrogen and oxygen atoms in total. The first kappa shape index (κ1) is 18.4. The summed E-state index contributed by atoms with van der Waals surface area (Å²) in [6, 6.07) is 4.23. The Kier molecular flexibility index (Phi) is 5.97. The number of aliphatic hydroxyl groups is 4. The van der Waals surface area contributed by atoms with Gasteiger partial charge in [-0.1, -0.05) is 6.07 Å². The summed E-state index contributed by atoms with van der Waals surface area (Å²) >= 11 is 0. The molecular weight excluding hydrogens is 324 g/mol. The van der Waals surface area contributed by atoms with Crippen LogP contribution in [0.4, 0.5) is 0 Å². The van der Waals surface area contributed by atoms with E-state index in [4.69, 9.17) is 19.7 Å². The zero-order valence-corrected chi connectivity index (χ0v) is 12.6. The molecule has 9 heteroatoms. The first-order valence-electron chi connectivity index (χ1n) is 7.34. The van der Waals surface area contributed by atoms with E-state index >= 15 is 0 Å². The molecule has 1 heterocycles. The van der Waals surface area contributed by atoms with Crippen molar-refractivity contribution in [2.45, 2.75) is 43.5 Å². The predicted molar refractivity (Wildman–Crippen MR) is 78.5 cm³/mol. The molecule has 1 aliphatic heterocycles. The van der Waals surface area contributed by atoms with E-state index in [1.165, 1.54) is 12.1 Å². The van der Waals surface area contributed by atoms with Gasteiger partial charge in [-0.25, -0.2) is 0 Å². The SMILES string of the molecule is O=C(O)CCc1ccc(O[C@@H]2O[C@H](CO)[C@@H](O)[C@H](O)[C@H]2O)c(O)c1. The van der Waals surface area contributed by atoms with Gasteiger partial charge in [0.25, 0.3) is 0 Å². The number of aliphatic carboxylic acids is 1. The standard InChI is InChI=1S/C15H20O9/c16-6-10-12(20)13(21)14(22)15(24-10)23-9-3-1-7(5-8(9)17)2-4-11(18)19/h1,3,5,10,12-17,20-22H,2,4,6H2,(H,18,19)/t10-,12-,13+,14-,15-/m1/s1. The van der Waals surface area contributed by atoms with Crippen LogP contribution in [0.15, 0.2) is 18.2 Å². The Morgan fingerprint density at radius 1 is 1.17 bits per heavy atom. The van der Waals surface area contributed by atoms with Crippen molar-refractivity contribution in [3.05, 3.63) is 23.8 Å². The normalized spacial score (nSPS) is 30.1. The summed E-state index contributed by atoms with van der Waals surface area (Å²) in [6.45, 7) is -0.592. The number of phenolic OH excluding ortho intramolecular Hbond substituents is 1. The van der Waals surface area contributed by atoms with E-state index in [9.17, 15) is 25.2 Å². The molecule has 1 aliphatic rings. The Bertz CT molecular complexity index is 574. The molecule has 1 aromatic carbocycles. The lowest BCUT2D eigenvalue weighted by molar-refractivity contribution is -0.277. The van der Waals surface area contributed by atoms with Crippen LogP contribution in [-0.4, -0.2) is 73.9 Å². The van der Waals surface area contributed by atoms with Crippen LogP contribution in [0.5, 0.6) is 11.5 Å². The average molecular weight is 344 g/mol. The van der Waals surface area contributed by atoms with Crippen molar-refractivity contribution >= 4 is 5.97 Å². The van der Waals surface area contributed by atoms with Gasteiger partial charge in [-0.05, 0) is 24.1 Å². The minimum atomic E-state index is -1.59. The van der Waals surface area contributed by atoms with Crippen molar-refractivity contribution in [2.24, 2.45) is 0 Å². The maximum atomic E-state index is 10.5. The van der Waals surface area contributed by atoms with Gasteiger partial charge in [0.1, 0.15) is 24.4 Å². The van der Waals surface area contributed by atoms with E-state index in [1.54, 1.807) is 6.07 Å². The predicted octanol–water partition coefficient (Wildman–Crippen LogP) is -1.41. The average Bonchev–Trinajstić information content (AvgIpc) is 2.55. The molecule has 1 aromatic rings. The molecule has 0 unspecified atom stereocenters. The summed E-state index contributed by atoms with van der Waals surface area (Å²) in [7, 11) is 0. The highest BCUT2D eigenvalue weighted by Crippen LogP contribution is 2.31. The van der Waals surface area contributed by atoms with Gasteiger partial charge in [0.2, 0.25) is 6.29 Å². The van der Waals surface area contributed by atoms with Crippen LogP contribution in [0.25, 0.3) is 0 Å². The van der Waals surface area contributed by atoms with Gasteiger partial charge in [-0.3, -0.25) is 4.79 Å². The number of rotatable bonds is 6. The number of carboxylic acid groups (broad SMARTS) is 1. The number of hydrogen-bond acceptors (Lipinski definition) is 8. The second-order valence-electron chi connectivity index (χ2n) is 5.51. The molecule has 134 valence electrons.